The van der Waals surface area contributed by atoms with E-state index in [0.717, 1.165) is 24.1 Å². The molecule has 2 N–H and O–H groups in total. The molecule has 0 saturated heterocycles. The van der Waals surface area contributed by atoms with Crippen LogP contribution in [0.25, 0.3) is 0 Å². The predicted octanol–water partition coefficient (Wildman–Crippen LogP) is 4.86. The Morgan fingerprint density at radius 3 is 1.92 bits per heavy atom. The molecule has 0 bridgehead atoms. The molecule has 2 atom stereocenters. The van der Waals surface area contributed by atoms with E-state index in [4.69, 9.17) is 0 Å². The molecule has 0 unspecified atom stereocenters. The first kappa shape index (κ1) is 18.4. The Bertz CT molecular complexity index is 773. The molecule has 2 nitrogen and oxygen atoms in total. The third-order valence-corrected chi connectivity index (χ3v) is 4.89. The van der Waals surface area contributed by atoms with E-state index in [-0.39, 0.29) is 0 Å². The molecule has 0 fully saturated rings. The molecular formula is C24H27NO. The summed E-state index contributed by atoms with van der Waals surface area (Å²) in [6.07, 6.45) is 1.07. The Labute approximate surface area is 156 Å². The van der Waals surface area contributed by atoms with E-state index in [1.165, 1.54) is 5.56 Å². The van der Waals surface area contributed by atoms with Crippen molar-refractivity contribution in [1.82, 2.24) is 5.32 Å². The van der Waals surface area contributed by atoms with Crippen LogP contribution < -0.4 is 5.32 Å². The van der Waals surface area contributed by atoms with E-state index in [9.17, 15) is 5.11 Å². The minimum Gasteiger partial charge on any atom is -0.386 e. The topological polar surface area (TPSA) is 32.3 Å². The number of nitrogens with one attached hydrogen (secondary N) is 1. The average Bonchev–Trinajstić information content (AvgIpc) is 2.72. The largest absolute Gasteiger partial charge is 0.386 e. The third-order valence-electron chi connectivity index (χ3n) is 4.89. The van der Waals surface area contributed by atoms with Crippen molar-refractivity contribution in [1.29, 1.82) is 0 Å². The van der Waals surface area contributed by atoms with E-state index in [0.29, 0.717) is 6.42 Å². The average molecular weight is 345 g/mol. The van der Waals surface area contributed by atoms with Gasteiger partial charge in [-0.05, 0) is 36.1 Å². The zero-order valence-electron chi connectivity index (χ0n) is 15.3. The fourth-order valence-electron chi connectivity index (χ4n) is 3.54. The van der Waals surface area contributed by atoms with Crippen LogP contribution in [0.5, 0.6) is 0 Å². The summed E-state index contributed by atoms with van der Waals surface area (Å²) >= 11 is 0. The van der Waals surface area contributed by atoms with E-state index in [2.05, 4.69) is 48.6 Å². The summed E-state index contributed by atoms with van der Waals surface area (Å²) in [5.74, 6) is 0. The normalized spacial score (nSPS) is 14.5. The zero-order valence-corrected chi connectivity index (χ0v) is 15.3. The van der Waals surface area contributed by atoms with Crippen LogP contribution in [0.2, 0.25) is 0 Å². The first-order valence-electron chi connectivity index (χ1n) is 9.34. The number of hydrogen-bond acceptors (Lipinski definition) is 2. The number of rotatable bonds is 8. The lowest BCUT2D eigenvalue weighted by Crippen LogP contribution is -2.49. The molecule has 0 aliphatic heterocycles. The van der Waals surface area contributed by atoms with Gasteiger partial charge in [-0.15, -0.1) is 0 Å². The highest BCUT2D eigenvalue weighted by Gasteiger charge is 2.40. The minimum absolute atomic E-state index is 0.583. The molecule has 2 heteroatoms. The second-order valence-electron chi connectivity index (χ2n) is 6.74. The van der Waals surface area contributed by atoms with E-state index < -0.39 is 11.6 Å². The van der Waals surface area contributed by atoms with Crippen LogP contribution in [0.4, 0.5) is 0 Å². The van der Waals surface area contributed by atoms with E-state index >= 15 is 0 Å². The van der Waals surface area contributed by atoms with Gasteiger partial charge in [0.05, 0.1) is 5.54 Å². The lowest BCUT2D eigenvalue weighted by atomic mass is 9.76. The van der Waals surface area contributed by atoms with Crippen molar-refractivity contribution in [3.05, 3.63) is 108 Å². The molecule has 0 saturated carbocycles. The summed E-state index contributed by atoms with van der Waals surface area (Å²) in [6, 6.07) is 30.7. The summed E-state index contributed by atoms with van der Waals surface area (Å²) in [7, 11) is 0. The zero-order chi connectivity index (χ0) is 18.2. The van der Waals surface area contributed by atoms with Crippen LogP contribution in [-0.4, -0.2) is 11.7 Å². The van der Waals surface area contributed by atoms with Gasteiger partial charge in [0.2, 0.25) is 0 Å². The van der Waals surface area contributed by atoms with Crippen molar-refractivity contribution in [2.45, 2.75) is 31.4 Å². The summed E-state index contributed by atoms with van der Waals surface area (Å²) < 4.78 is 0. The van der Waals surface area contributed by atoms with Crippen molar-refractivity contribution in [3.63, 3.8) is 0 Å². The van der Waals surface area contributed by atoms with Gasteiger partial charge >= 0.3 is 0 Å². The van der Waals surface area contributed by atoms with Gasteiger partial charge in [0, 0.05) is 0 Å². The van der Waals surface area contributed by atoms with Crippen LogP contribution in [0.15, 0.2) is 91.0 Å². The summed E-state index contributed by atoms with van der Waals surface area (Å²) in [5, 5.41) is 15.2. The number of aliphatic hydroxyl groups excluding tert-OH is 1. The Balaban J connectivity index is 2.10. The highest BCUT2D eigenvalue weighted by atomic mass is 16.3. The Hall–Kier alpha value is -2.42. The van der Waals surface area contributed by atoms with Gasteiger partial charge in [-0.25, -0.2) is 0 Å². The molecule has 3 rings (SSSR count). The molecule has 0 amide bonds. The molecule has 3 aromatic rings. The van der Waals surface area contributed by atoms with Crippen molar-refractivity contribution < 1.29 is 5.11 Å². The van der Waals surface area contributed by atoms with E-state index in [1.54, 1.807) is 0 Å². The fraction of sp³-hybridized carbons (Fsp3) is 0.250. The van der Waals surface area contributed by atoms with Crippen LogP contribution in [-0.2, 0) is 12.0 Å². The number of aliphatic hydroxyl groups is 1. The fourth-order valence-corrected chi connectivity index (χ4v) is 3.54. The van der Waals surface area contributed by atoms with Gasteiger partial charge in [-0.3, -0.25) is 0 Å². The second kappa shape index (κ2) is 8.79. The summed E-state index contributed by atoms with van der Waals surface area (Å²) in [4.78, 5) is 0. The maximum absolute atomic E-state index is 11.5. The predicted molar refractivity (Wildman–Crippen MR) is 108 cm³/mol. The van der Waals surface area contributed by atoms with Crippen molar-refractivity contribution in [2.24, 2.45) is 0 Å². The molecule has 26 heavy (non-hydrogen) atoms. The third kappa shape index (κ3) is 4.04. The van der Waals surface area contributed by atoms with Crippen LogP contribution in [0.3, 0.4) is 0 Å². The molecule has 0 aromatic heterocycles. The van der Waals surface area contributed by atoms with Crippen molar-refractivity contribution >= 4 is 0 Å². The highest BCUT2D eigenvalue weighted by molar-refractivity contribution is 5.34. The minimum atomic E-state index is -0.655. The van der Waals surface area contributed by atoms with Gasteiger partial charge in [0.1, 0.15) is 6.10 Å². The van der Waals surface area contributed by atoms with Crippen LogP contribution >= 0.6 is 0 Å². The van der Waals surface area contributed by atoms with Gasteiger partial charge < -0.3 is 10.4 Å². The van der Waals surface area contributed by atoms with Crippen molar-refractivity contribution in [3.8, 4) is 0 Å². The maximum Gasteiger partial charge on any atom is 0.102 e. The van der Waals surface area contributed by atoms with E-state index in [1.807, 2.05) is 54.6 Å². The smallest absolute Gasteiger partial charge is 0.102 e. The van der Waals surface area contributed by atoms with Crippen molar-refractivity contribution in [2.75, 3.05) is 6.54 Å². The highest BCUT2D eigenvalue weighted by Crippen LogP contribution is 2.38. The first-order valence-corrected chi connectivity index (χ1v) is 9.34. The lowest BCUT2D eigenvalue weighted by molar-refractivity contribution is 0.0552. The maximum atomic E-state index is 11.5. The van der Waals surface area contributed by atoms with Gasteiger partial charge in [0.25, 0.3) is 0 Å². The molecule has 134 valence electrons. The monoisotopic (exact) mass is 345 g/mol. The quantitative estimate of drug-likeness (QED) is 0.611. The molecule has 0 spiro atoms. The van der Waals surface area contributed by atoms with Gasteiger partial charge in [-0.1, -0.05) is 97.9 Å². The second-order valence-corrected chi connectivity index (χ2v) is 6.74. The van der Waals surface area contributed by atoms with Crippen LogP contribution in [0, 0.1) is 0 Å². The molecule has 0 heterocycles. The van der Waals surface area contributed by atoms with Gasteiger partial charge in [-0.2, -0.15) is 0 Å². The number of benzene rings is 3. The Kier molecular flexibility index (Phi) is 6.21. The Morgan fingerprint density at radius 1 is 0.808 bits per heavy atom. The SMILES string of the molecule is CCCN[C@](Cc1ccccc1)(c1ccccc1)[C@@H](O)c1ccccc1. The first-order chi connectivity index (χ1) is 12.8. The Morgan fingerprint density at radius 2 is 1.35 bits per heavy atom. The summed E-state index contributed by atoms with van der Waals surface area (Å²) in [6.45, 7) is 2.99. The molecule has 0 aliphatic rings. The molecular weight excluding hydrogens is 318 g/mol. The molecule has 3 aromatic carbocycles. The number of hydrogen-bond donors (Lipinski definition) is 2. The van der Waals surface area contributed by atoms with Gasteiger partial charge in [0.15, 0.2) is 0 Å². The molecule has 0 radical (unpaired) electrons. The van der Waals surface area contributed by atoms with Crippen LogP contribution in [0.1, 0.15) is 36.1 Å². The standard InChI is InChI=1S/C24H27NO/c1-2-18-25-24(22-16-10-5-11-17-22,19-20-12-6-3-7-13-20)23(26)21-14-8-4-9-15-21/h3-17,23,25-26H,2,18-19H2,1H3/t23-,24+/m0/s1. The summed E-state index contributed by atoms with van der Waals surface area (Å²) in [5.41, 5.74) is 2.65. The lowest BCUT2D eigenvalue weighted by Gasteiger charge is -2.40. The molecule has 0 aliphatic carbocycles.